The summed E-state index contributed by atoms with van der Waals surface area (Å²) in [6.45, 7) is 7.22. The molecule has 1 aliphatic heterocycles. The van der Waals surface area contributed by atoms with E-state index in [0.29, 0.717) is 46.4 Å². The van der Waals surface area contributed by atoms with E-state index in [1.807, 2.05) is 25.1 Å². The summed E-state index contributed by atoms with van der Waals surface area (Å²) in [5.74, 6) is -7.58. The van der Waals surface area contributed by atoms with Crippen molar-refractivity contribution in [1.29, 1.82) is 0 Å². The first-order chi connectivity index (χ1) is 41.1. The minimum Gasteiger partial charge on any atom is -0.480 e. The second-order valence-electron chi connectivity index (χ2n) is 21.8. The molecule has 5 aromatic rings. The fourth-order valence-corrected chi connectivity index (χ4v) is 10.3. The third-order valence-corrected chi connectivity index (χ3v) is 15.7. The molecule has 7 amide bonds. The zero-order valence-corrected chi connectivity index (χ0v) is 50.8. The van der Waals surface area contributed by atoms with E-state index in [1.54, 1.807) is 112 Å². The SMILES string of the molecule is CC[C@H](C)[C@H](NC(=O)[C@H](Cc1ccc(I)cc1)NC(=O)[C@@H](NC(=O)[C@H](CCCN=C(N)N)NC(=O)[C@@H](N)Cc1ccc(C(=O)c2ccccc2)cc1)C(C)C)C(=O)N[C@@H](Cc1cnc[nH]1)C(=O)N1CCC[C@H]1C(=O)N[C@@H](Cc1ccccc1)C(=O)O. The van der Waals surface area contributed by atoms with E-state index in [0.717, 1.165) is 3.57 Å². The molecule has 0 bridgehead atoms. The molecule has 2 heterocycles. The van der Waals surface area contributed by atoms with Gasteiger partial charge in [0.2, 0.25) is 41.4 Å². The molecular formula is C62H78IN13O10. The number of amides is 7. The Morgan fingerprint density at radius 3 is 1.84 bits per heavy atom. The van der Waals surface area contributed by atoms with Crippen LogP contribution in [0.2, 0.25) is 0 Å². The van der Waals surface area contributed by atoms with Crippen LogP contribution in [0.3, 0.4) is 0 Å². The summed E-state index contributed by atoms with van der Waals surface area (Å²) < 4.78 is 0.909. The summed E-state index contributed by atoms with van der Waals surface area (Å²) in [5, 5.41) is 26.7. The van der Waals surface area contributed by atoms with Gasteiger partial charge < -0.3 is 64.1 Å². The lowest BCUT2D eigenvalue weighted by Gasteiger charge is -2.32. The summed E-state index contributed by atoms with van der Waals surface area (Å²) in [4.78, 5) is 138. The average molecular weight is 1290 g/mol. The van der Waals surface area contributed by atoms with Gasteiger partial charge in [0.05, 0.1) is 12.4 Å². The number of nitrogens with two attached hydrogens (primary N) is 3. The molecule has 0 aliphatic carbocycles. The molecule has 6 rings (SSSR count). The fraction of sp³-hybridized carbons (Fsp3) is 0.403. The van der Waals surface area contributed by atoms with Crippen LogP contribution in [-0.4, -0.2) is 140 Å². The Balaban J connectivity index is 1.18. The zero-order valence-electron chi connectivity index (χ0n) is 48.7. The van der Waals surface area contributed by atoms with E-state index in [2.05, 4.69) is 69.5 Å². The summed E-state index contributed by atoms with van der Waals surface area (Å²) in [6.07, 6.45) is 4.16. The third-order valence-electron chi connectivity index (χ3n) is 15.0. The number of carbonyl (C=O) groups is 9. The van der Waals surface area contributed by atoms with Crippen molar-refractivity contribution in [2.24, 2.45) is 34.0 Å². The molecule has 86 heavy (non-hydrogen) atoms. The van der Waals surface area contributed by atoms with Gasteiger partial charge in [-0.15, -0.1) is 0 Å². The van der Waals surface area contributed by atoms with E-state index in [-0.39, 0.29) is 69.8 Å². The number of aromatic nitrogens is 2. The zero-order chi connectivity index (χ0) is 62.5. The van der Waals surface area contributed by atoms with E-state index in [1.165, 1.54) is 17.4 Å². The van der Waals surface area contributed by atoms with Gasteiger partial charge >= 0.3 is 5.97 Å². The highest BCUT2D eigenvalue weighted by Gasteiger charge is 2.41. The number of carbonyl (C=O) groups excluding carboxylic acids is 8. The number of imidazole rings is 1. The van der Waals surface area contributed by atoms with E-state index in [9.17, 15) is 48.3 Å². The summed E-state index contributed by atoms with van der Waals surface area (Å²) in [5.41, 5.74) is 21.0. The molecule has 4 aromatic carbocycles. The highest BCUT2D eigenvalue weighted by molar-refractivity contribution is 14.1. The number of likely N-dealkylation sites (tertiary alicyclic amines) is 1. The molecule has 0 radical (unpaired) electrons. The first-order valence-corrected chi connectivity index (χ1v) is 29.8. The quantitative estimate of drug-likeness (QED) is 0.01000. The van der Waals surface area contributed by atoms with Gasteiger partial charge in [0, 0.05) is 58.9 Å². The minimum absolute atomic E-state index is 0.0104. The number of aliphatic carboxylic acids is 1. The number of carboxylic acids is 1. The van der Waals surface area contributed by atoms with Crippen LogP contribution in [0.15, 0.2) is 127 Å². The fourth-order valence-electron chi connectivity index (χ4n) is 9.92. The Labute approximate surface area is 513 Å². The third kappa shape index (κ3) is 19.8. The number of ketones is 1. The lowest BCUT2D eigenvalue weighted by atomic mass is 9.96. The van der Waals surface area contributed by atoms with E-state index >= 15 is 0 Å². The predicted octanol–water partition coefficient (Wildman–Crippen LogP) is 2.58. The summed E-state index contributed by atoms with van der Waals surface area (Å²) >= 11 is 2.14. The predicted molar refractivity (Wildman–Crippen MR) is 331 cm³/mol. The standard InChI is InChI=1S/C62H78IN13O10/c1-5-37(4)52(59(83)72-48(33-44-34-67-35-69-44)60(84)76-29-13-19-50(76)57(81)73-49(61(85)86)32-38-14-8-6-9-15-38)75-56(80)47(31-40-22-26-43(63)27-23-40)71-58(82)51(36(2)3)74-55(79)46(18-12-28-68-62(65)66)70-54(78)45(64)30-39-20-24-42(25-21-39)53(77)41-16-10-7-11-17-41/h6-11,14-17,20-27,34-37,45-52H,5,12-13,18-19,28-33,64H2,1-4H3,(H,67,69)(H,70,78)(H,71,82)(H,72,83)(H,73,81)(H,74,79)(H,75,80)(H,85,86)(H4,65,66,68)/t37-,45-,46-,47-,48-,49-,50-,51-,52-/m0/s1. The summed E-state index contributed by atoms with van der Waals surface area (Å²) in [6, 6.07) is 21.7. The molecule has 458 valence electrons. The van der Waals surface area contributed by atoms with Gasteiger partial charge in [-0.3, -0.25) is 43.3 Å². The number of hydrogen-bond acceptors (Lipinski definition) is 12. The molecule has 0 spiro atoms. The van der Waals surface area contributed by atoms with Crippen LogP contribution in [0, 0.1) is 15.4 Å². The molecule has 1 aromatic heterocycles. The lowest BCUT2D eigenvalue weighted by Crippen LogP contribution is -2.62. The maximum atomic E-state index is 14.8. The number of halogens is 1. The molecule has 24 heteroatoms. The van der Waals surface area contributed by atoms with Gasteiger partial charge in [0.15, 0.2) is 11.7 Å². The van der Waals surface area contributed by atoms with Crippen LogP contribution in [0.4, 0.5) is 0 Å². The Bertz CT molecular complexity index is 3130. The maximum Gasteiger partial charge on any atom is 0.326 e. The number of nitrogens with one attached hydrogen (secondary N) is 7. The number of rotatable bonds is 31. The van der Waals surface area contributed by atoms with Crippen molar-refractivity contribution in [3.05, 3.63) is 159 Å². The highest BCUT2D eigenvalue weighted by Crippen LogP contribution is 2.22. The first kappa shape index (κ1) is 66.6. The van der Waals surface area contributed by atoms with Crippen LogP contribution >= 0.6 is 22.6 Å². The lowest BCUT2D eigenvalue weighted by molar-refractivity contribution is -0.145. The molecular weight excluding hydrogens is 1210 g/mol. The monoisotopic (exact) mass is 1290 g/mol. The van der Waals surface area contributed by atoms with Gasteiger partial charge in [-0.05, 0) is 95.4 Å². The molecule has 1 saturated heterocycles. The van der Waals surface area contributed by atoms with Crippen molar-refractivity contribution in [2.45, 2.75) is 134 Å². The smallest absolute Gasteiger partial charge is 0.326 e. The topological polar surface area (TPSA) is 368 Å². The van der Waals surface area contributed by atoms with Crippen molar-refractivity contribution in [3.8, 4) is 0 Å². The van der Waals surface area contributed by atoms with Gasteiger partial charge in [0.1, 0.15) is 42.3 Å². The molecule has 0 unspecified atom stereocenters. The molecule has 1 aliphatic rings. The molecule has 23 nitrogen and oxygen atoms in total. The van der Waals surface area contributed by atoms with E-state index in [4.69, 9.17) is 17.2 Å². The van der Waals surface area contributed by atoms with Crippen molar-refractivity contribution in [2.75, 3.05) is 13.1 Å². The van der Waals surface area contributed by atoms with Gasteiger partial charge in [-0.1, -0.05) is 131 Å². The number of aromatic amines is 1. The second kappa shape index (κ2) is 32.7. The van der Waals surface area contributed by atoms with Crippen molar-refractivity contribution < 1.29 is 48.3 Å². The Kier molecular flexibility index (Phi) is 25.3. The Morgan fingerprint density at radius 2 is 1.22 bits per heavy atom. The van der Waals surface area contributed by atoms with Gasteiger partial charge in [0.25, 0.3) is 0 Å². The van der Waals surface area contributed by atoms with Gasteiger partial charge in [-0.2, -0.15) is 0 Å². The van der Waals surface area contributed by atoms with Crippen LogP contribution in [0.5, 0.6) is 0 Å². The number of carboxylic acid groups (broad SMARTS) is 1. The molecule has 14 N–H and O–H groups in total. The van der Waals surface area contributed by atoms with Crippen molar-refractivity contribution in [1.82, 2.24) is 46.8 Å². The number of hydrogen-bond donors (Lipinski definition) is 11. The van der Waals surface area contributed by atoms with Crippen molar-refractivity contribution in [3.63, 3.8) is 0 Å². The average Bonchev–Trinajstić information content (AvgIpc) is 3.19. The normalized spacial score (nSPS) is 15.7. The number of nitrogens with zero attached hydrogens (tertiary/aromatic N) is 3. The van der Waals surface area contributed by atoms with E-state index < -0.39 is 107 Å². The largest absolute Gasteiger partial charge is 0.480 e. The Hall–Kier alpha value is -8.52. The molecule has 9 atom stereocenters. The van der Waals surface area contributed by atoms with Crippen LogP contribution in [0.1, 0.15) is 98.1 Å². The maximum absolute atomic E-state index is 14.8. The van der Waals surface area contributed by atoms with Crippen LogP contribution < -0.4 is 49.1 Å². The Morgan fingerprint density at radius 1 is 0.663 bits per heavy atom. The highest BCUT2D eigenvalue weighted by atomic mass is 127. The van der Waals surface area contributed by atoms with Crippen LogP contribution in [0.25, 0.3) is 0 Å². The first-order valence-electron chi connectivity index (χ1n) is 28.7. The molecule has 0 saturated carbocycles. The number of benzene rings is 4. The number of aliphatic imine (C=N–C) groups is 1. The minimum atomic E-state index is -1.33. The van der Waals surface area contributed by atoms with Gasteiger partial charge in [-0.25, -0.2) is 9.78 Å². The summed E-state index contributed by atoms with van der Waals surface area (Å²) in [7, 11) is 0. The number of guanidine groups is 1. The number of H-pyrrole nitrogens is 1. The second-order valence-corrected chi connectivity index (χ2v) is 23.1. The van der Waals surface area contributed by atoms with Crippen LogP contribution in [-0.2, 0) is 64.0 Å². The van der Waals surface area contributed by atoms with Crippen molar-refractivity contribution >= 4 is 81.7 Å². The molecule has 1 fully saturated rings.